The smallest absolute Gasteiger partial charge is 0.266 e. The van der Waals surface area contributed by atoms with Gasteiger partial charge in [0, 0.05) is 14.7 Å². The third-order valence-electron chi connectivity index (χ3n) is 4.85. The van der Waals surface area contributed by atoms with E-state index in [4.69, 9.17) is 0 Å². The van der Waals surface area contributed by atoms with Gasteiger partial charge in [0.25, 0.3) is 5.56 Å². The second-order valence-electron chi connectivity index (χ2n) is 6.58. The van der Waals surface area contributed by atoms with Crippen molar-refractivity contribution in [3.63, 3.8) is 0 Å². The summed E-state index contributed by atoms with van der Waals surface area (Å²) in [6.45, 7) is 0. The van der Waals surface area contributed by atoms with Gasteiger partial charge in [0.15, 0.2) is 5.82 Å². The minimum absolute atomic E-state index is 0.208. The number of aliphatic hydroxyl groups is 1. The molecule has 1 unspecified atom stereocenters. The number of hydrogen-bond acceptors (Lipinski definition) is 3. The molecule has 5 heteroatoms. The third-order valence-corrected chi connectivity index (χ3v) is 5.52. The number of halogens is 1. The molecule has 3 aromatic carbocycles. The van der Waals surface area contributed by atoms with Crippen LogP contribution in [0.3, 0.4) is 0 Å². The van der Waals surface area contributed by atoms with E-state index in [0.717, 1.165) is 9.13 Å². The van der Waals surface area contributed by atoms with E-state index in [1.807, 2.05) is 60.7 Å². The molecule has 1 N–H and O–H groups in total. The summed E-state index contributed by atoms with van der Waals surface area (Å²) in [4.78, 5) is 17.8. The van der Waals surface area contributed by atoms with E-state index in [-0.39, 0.29) is 11.4 Å². The van der Waals surface area contributed by atoms with Crippen LogP contribution < -0.4 is 5.56 Å². The predicted octanol–water partition coefficient (Wildman–Crippen LogP) is 3.59. The SMILES string of the molecule is O=c1c2ccccc2nc2n1-c1ccc(I)cc1C2(O)C#Cc1ccccc1. The van der Waals surface area contributed by atoms with Crippen molar-refractivity contribution in [2.24, 2.45) is 0 Å². The van der Waals surface area contributed by atoms with E-state index in [9.17, 15) is 9.90 Å². The summed E-state index contributed by atoms with van der Waals surface area (Å²) in [7, 11) is 0. The molecule has 4 nitrogen and oxygen atoms in total. The fourth-order valence-corrected chi connectivity index (χ4v) is 4.01. The summed E-state index contributed by atoms with van der Waals surface area (Å²) in [5.74, 6) is 6.26. The minimum atomic E-state index is -1.67. The number of aromatic nitrogens is 2. The molecule has 0 radical (unpaired) electrons. The van der Waals surface area contributed by atoms with E-state index < -0.39 is 5.60 Å². The molecule has 4 aromatic rings. The van der Waals surface area contributed by atoms with Crippen molar-refractivity contribution in [2.75, 3.05) is 0 Å². The molecule has 1 atom stereocenters. The second-order valence-corrected chi connectivity index (χ2v) is 7.83. The van der Waals surface area contributed by atoms with Gasteiger partial charge in [-0.1, -0.05) is 36.3 Å². The van der Waals surface area contributed by atoms with Crippen LogP contribution in [-0.4, -0.2) is 14.7 Å². The third kappa shape index (κ3) is 2.49. The quantitative estimate of drug-likeness (QED) is 0.312. The molecule has 5 rings (SSSR count). The van der Waals surface area contributed by atoms with Gasteiger partial charge in [-0.05, 0) is 71.0 Å². The molecule has 0 aliphatic carbocycles. The highest BCUT2D eigenvalue weighted by Gasteiger charge is 2.44. The van der Waals surface area contributed by atoms with Crippen LogP contribution in [0.2, 0.25) is 0 Å². The van der Waals surface area contributed by atoms with E-state index in [2.05, 4.69) is 39.4 Å². The number of rotatable bonds is 0. The number of benzene rings is 3. The van der Waals surface area contributed by atoms with Crippen molar-refractivity contribution in [1.29, 1.82) is 0 Å². The Morgan fingerprint density at radius 3 is 2.57 bits per heavy atom. The molecule has 0 bridgehead atoms. The fraction of sp³-hybridized carbons (Fsp3) is 0.0435. The fourth-order valence-electron chi connectivity index (χ4n) is 3.52. The monoisotopic (exact) mass is 476 g/mol. The number of nitrogens with zero attached hydrogens (tertiary/aromatic N) is 2. The Labute approximate surface area is 174 Å². The van der Waals surface area contributed by atoms with Crippen LogP contribution >= 0.6 is 22.6 Å². The molecule has 2 heterocycles. The Kier molecular flexibility index (Phi) is 3.86. The Bertz CT molecular complexity index is 1370. The Morgan fingerprint density at radius 2 is 1.75 bits per heavy atom. The largest absolute Gasteiger partial charge is 0.367 e. The van der Waals surface area contributed by atoms with Crippen molar-refractivity contribution >= 4 is 33.5 Å². The van der Waals surface area contributed by atoms with Gasteiger partial charge in [-0.15, -0.1) is 0 Å². The van der Waals surface area contributed by atoms with E-state index in [1.54, 1.807) is 12.1 Å². The lowest BCUT2D eigenvalue weighted by Gasteiger charge is -2.17. The number of para-hydroxylation sites is 1. The Hall–Kier alpha value is -2.95. The molecule has 0 spiro atoms. The first-order chi connectivity index (χ1) is 13.6. The van der Waals surface area contributed by atoms with Gasteiger partial charge in [-0.25, -0.2) is 4.98 Å². The van der Waals surface area contributed by atoms with Crippen LogP contribution in [0.5, 0.6) is 0 Å². The zero-order valence-electron chi connectivity index (χ0n) is 14.6. The standard InChI is InChI=1S/C23H13IN2O2/c24-16-10-11-20-18(14-16)23(28,13-12-15-6-2-1-3-7-15)22-25-19-9-5-4-8-17(19)21(27)26(20)22/h1-11,14,28H. The van der Waals surface area contributed by atoms with Crippen molar-refractivity contribution in [3.8, 4) is 17.5 Å². The van der Waals surface area contributed by atoms with Gasteiger partial charge in [-0.3, -0.25) is 9.36 Å². The van der Waals surface area contributed by atoms with Gasteiger partial charge in [0.05, 0.1) is 16.6 Å². The van der Waals surface area contributed by atoms with Crippen LogP contribution in [0.25, 0.3) is 16.6 Å². The summed E-state index contributed by atoms with van der Waals surface area (Å²) in [6, 6.07) is 22.2. The molecule has 1 aliphatic heterocycles. The van der Waals surface area contributed by atoms with E-state index >= 15 is 0 Å². The molecule has 0 fully saturated rings. The lowest BCUT2D eigenvalue weighted by atomic mass is 9.95. The lowest BCUT2D eigenvalue weighted by molar-refractivity contribution is 0.141. The molecule has 134 valence electrons. The van der Waals surface area contributed by atoms with Crippen LogP contribution in [0.4, 0.5) is 0 Å². The summed E-state index contributed by atoms with van der Waals surface area (Å²) < 4.78 is 2.43. The Balaban J connectivity index is 1.86. The van der Waals surface area contributed by atoms with Crippen LogP contribution in [0, 0.1) is 15.4 Å². The summed E-state index contributed by atoms with van der Waals surface area (Å²) in [6.07, 6.45) is 0. The normalized spacial score (nSPS) is 16.9. The maximum Gasteiger partial charge on any atom is 0.266 e. The first-order valence-electron chi connectivity index (χ1n) is 8.71. The molecule has 28 heavy (non-hydrogen) atoms. The molecule has 1 aromatic heterocycles. The molecule has 0 saturated carbocycles. The average molecular weight is 476 g/mol. The molecule has 1 aliphatic rings. The zero-order valence-corrected chi connectivity index (χ0v) is 16.7. The first-order valence-corrected chi connectivity index (χ1v) is 9.79. The summed E-state index contributed by atoms with van der Waals surface area (Å²) >= 11 is 2.19. The highest BCUT2D eigenvalue weighted by atomic mass is 127. The van der Waals surface area contributed by atoms with Crippen molar-refractivity contribution in [1.82, 2.24) is 9.55 Å². The minimum Gasteiger partial charge on any atom is -0.367 e. The lowest BCUT2D eigenvalue weighted by Crippen LogP contribution is -2.29. The van der Waals surface area contributed by atoms with Gasteiger partial charge in [0.1, 0.15) is 0 Å². The highest BCUT2D eigenvalue weighted by molar-refractivity contribution is 14.1. The molecule has 0 saturated heterocycles. The highest BCUT2D eigenvalue weighted by Crippen LogP contribution is 2.40. The molecular formula is C23H13IN2O2. The summed E-state index contributed by atoms with van der Waals surface area (Å²) in [5, 5.41) is 12.2. The summed E-state index contributed by atoms with van der Waals surface area (Å²) in [5.41, 5.74) is 0.632. The first kappa shape index (κ1) is 17.2. The number of hydrogen-bond donors (Lipinski definition) is 1. The molecular weight excluding hydrogens is 463 g/mol. The van der Waals surface area contributed by atoms with E-state index in [0.29, 0.717) is 22.2 Å². The van der Waals surface area contributed by atoms with Gasteiger partial charge in [0.2, 0.25) is 5.60 Å². The van der Waals surface area contributed by atoms with Crippen LogP contribution in [-0.2, 0) is 5.60 Å². The molecule has 0 amide bonds. The van der Waals surface area contributed by atoms with Gasteiger partial charge >= 0.3 is 0 Å². The number of fused-ring (bicyclic) bond motifs is 4. The van der Waals surface area contributed by atoms with Crippen LogP contribution in [0.15, 0.2) is 77.6 Å². The van der Waals surface area contributed by atoms with Gasteiger partial charge < -0.3 is 5.11 Å². The zero-order chi connectivity index (χ0) is 19.3. The van der Waals surface area contributed by atoms with Gasteiger partial charge in [-0.2, -0.15) is 0 Å². The second kappa shape index (κ2) is 6.30. The van der Waals surface area contributed by atoms with Crippen molar-refractivity contribution < 1.29 is 5.11 Å². The maximum absolute atomic E-state index is 13.2. The van der Waals surface area contributed by atoms with Crippen LogP contribution in [0.1, 0.15) is 17.0 Å². The average Bonchev–Trinajstić information content (AvgIpc) is 2.96. The van der Waals surface area contributed by atoms with E-state index in [1.165, 1.54) is 4.57 Å². The predicted molar refractivity (Wildman–Crippen MR) is 116 cm³/mol. The maximum atomic E-state index is 13.2. The Morgan fingerprint density at radius 1 is 1.00 bits per heavy atom. The van der Waals surface area contributed by atoms with Crippen molar-refractivity contribution in [3.05, 3.63) is 104 Å². The van der Waals surface area contributed by atoms with Crippen molar-refractivity contribution in [2.45, 2.75) is 5.60 Å². The topological polar surface area (TPSA) is 55.1 Å².